The Morgan fingerprint density at radius 3 is 2.44 bits per heavy atom. The summed E-state index contributed by atoms with van der Waals surface area (Å²) in [6.07, 6.45) is -4.74. The van der Waals surface area contributed by atoms with Gasteiger partial charge in [-0.05, 0) is 6.92 Å². The zero-order valence-corrected chi connectivity index (χ0v) is 13.3. The molecule has 25 heavy (non-hydrogen) atoms. The number of hydrogen-bond donors (Lipinski definition) is 3. The van der Waals surface area contributed by atoms with E-state index in [1.165, 1.54) is 6.92 Å². The SMILES string of the molecule is Cc1nc(C(=O)NCC(F)(F)CN)nn1-c1n[nH]c(C(F)(F)F)n1.Cl. The molecule has 0 aliphatic heterocycles. The van der Waals surface area contributed by atoms with E-state index in [1.807, 2.05) is 5.32 Å². The molecule has 9 nitrogen and oxygen atoms in total. The highest BCUT2D eigenvalue weighted by Gasteiger charge is 2.36. The van der Waals surface area contributed by atoms with E-state index in [0.717, 1.165) is 4.68 Å². The van der Waals surface area contributed by atoms with Crippen LogP contribution in [0.5, 0.6) is 0 Å². The van der Waals surface area contributed by atoms with Crippen molar-refractivity contribution in [2.75, 3.05) is 13.1 Å². The lowest BCUT2D eigenvalue weighted by Gasteiger charge is -2.13. The molecule has 2 rings (SSSR count). The van der Waals surface area contributed by atoms with Gasteiger partial charge in [0.15, 0.2) is 0 Å². The molecule has 140 valence electrons. The molecule has 0 aliphatic rings. The number of rotatable bonds is 5. The molecule has 2 aromatic rings. The van der Waals surface area contributed by atoms with Gasteiger partial charge in [0.25, 0.3) is 17.8 Å². The van der Waals surface area contributed by atoms with Gasteiger partial charge >= 0.3 is 6.18 Å². The van der Waals surface area contributed by atoms with E-state index < -0.39 is 48.7 Å². The van der Waals surface area contributed by atoms with Crippen molar-refractivity contribution in [3.05, 3.63) is 17.5 Å². The third kappa shape index (κ3) is 4.82. The van der Waals surface area contributed by atoms with Crippen LogP contribution in [0.1, 0.15) is 22.3 Å². The quantitative estimate of drug-likeness (QED) is 0.636. The fourth-order valence-corrected chi connectivity index (χ4v) is 1.51. The monoisotopic (exact) mass is 390 g/mol. The Labute approximate surface area is 142 Å². The Kier molecular flexibility index (Phi) is 6.01. The van der Waals surface area contributed by atoms with Gasteiger partial charge in [-0.15, -0.1) is 22.6 Å². The fourth-order valence-electron chi connectivity index (χ4n) is 1.51. The first-order chi connectivity index (χ1) is 11.0. The number of H-pyrrole nitrogens is 1. The van der Waals surface area contributed by atoms with Crippen molar-refractivity contribution >= 4 is 18.3 Å². The lowest BCUT2D eigenvalue weighted by atomic mass is 10.3. The summed E-state index contributed by atoms with van der Waals surface area (Å²) < 4.78 is 64.1. The molecule has 1 amide bonds. The first kappa shape index (κ1) is 20.7. The van der Waals surface area contributed by atoms with Crippen molar-refractivity contribution in [3.8, 4) is 5.95 Å². The van der Waals surface area contributed by atoms with Crippen molar-refractivity contribution < 1.29 is 26.7 Å². The highest BCUT2D eigenvalue weighted by molar-refractivity contribution is 5.90. The number of nitrogens with zero attached hydrogens (tertiary/aromatic N) is 5. The summed E-state index contributed by atoms with van der Waals surface area (Å²) in [5.41, 5.74) is 4.82. The van der Waals surface area contributed by atoms with Crippen LogP contribution in [0.4, 0.5) is 22.0 Å². The van der Waals surface area contributed by atoms with Crippen LogP contribution in [0, 0.1) is 6.92 Å². The summed E-state index contributed by atoms with van der Waals surface area (Å²) in [6, 6.07) is 0. The number of aryl methyl sites for hydroxylation is 1. The van der Waals surface area contributed by atoms with Crippen molar-refractivity contribution in [3.63, 3.8) is 0 Å². The van der Waals surface area contributed by atoms with Crippen LogP contribution in [0.25, 0.3) is 5.95 Å². The molecule has 2 heterocycles. The molecule has 4 N–H and O–H groups in total. The van der Waals surface area contributed by atoms with Gasteiger partial charge in [-0.2, -0.15) is 22.8 Å². The summed E-state index contributed by atoms with van der Waals surface area (Å²) >= 11 is 0. The maximum Gasteiger partial charge on any atom is 0.451 e. The van der Waals surface area contributed by atoms with E-state index in [4.69, 9.17) is 5.73 Å². The fraction of sp³-hybridized carbons (Fsp3) is 0.500. The smallest absolute Gasteiger partial charge is 0.343 e. The van der Waals surface area contributed by atoms with E-state index in [2.05, 4.69) is 20.2 Å². The second kappa shape index (κ2) is 7.26. The molecule has 2 aromatic heterocycles. The molecule has 0 radical (unpaired) electrons. The van der Waals surface area contributed by atoms with Crippen LogP contribution < -0.4 is 11.1 Å². The van der Waals surface area contributed by atoms with Gasteiger partial charge in [0.1, 0.15) is 5.82 Å². The minimum atomic E-state index is -4.74. The van der Waals surface area contributed by atoms with Gasteiger partial charge in [-0.3, -0.25) is 9.89 Å². The molecule has 0 unspecified atom stereocenters. The zero-order chi connectivity index (χ0) is 18.1. The number of hydrogen-bond acceptors (Lipinski definition) is 6. The van der Waals surface area contributed by atoms with Crippen LogP contribution in [0.3, 0.4) is 0 Å². The normalized spacial score (nSPS) is 12.0. The number of amides is 1. The molecule has 0 aliphatic carbocycles. The Hall–Kier alpha value is -2.35. The maximum absolute atomic E-state index is 13.0. The Balaban J connectivity index is 0.00000312. The second-order valence-corrected chi connectivity index (χ2v) is 4.62. The number of aromatic nitrogens is 6. The summed E-state index contributed by atoms with van der Waals surface area (Å²) in [5, 5.41) is 10.5. The molecule has 0 aromatic carbocycles. The number of halogens is 6. The number of nitrogens with two attached hydrogens (primary N) is 1. The predicted molar refractivity (Wildman–Crippen MR) is 74.6 cm³/mol. The van der Waals surface area contributed by atoms with Crippen LogP contribution in [0.15, 0.2) is 0 Å². The summed E-state index contributed by atoms with van der Waals surface area (Å²) in [7, 11) is 0. The number of alkyl halides is 5. The van der Waals surface area contributed by atoms with Gasteiger partial charge in [-0.1, -0.05) is 0 Å². The number of aromatic amines is 1. The van der Waals surface area contributed by atoms with Crippen molar-refractivity contribution in [1.82, 2.24) is 35.3 Å². The van der Waals surface area contributed by atoms with E-state index in [1.54, 1.807) is 5.10 Å². The average Bonchev–Trinajstić information content (AvgIpc) is 3.10. The van der Waals surface area contributed by atoms with E-state index >= 15 is 0 Å². The molecule has 0 bridgehead atoms. The highest BCUT2D eigenvalue weighted by atomic mass is 35.5. The van der Waals surface area contributed by atoms with Crippen LogP contribution in [-0.2, 0) is 6.18 Å². The molecule has 0 spiro atoms. The van der Waals surface area contributed by atoms with Gasteiger partial charge in [0.2, 0.25) is 11.6 Å². The van der Waals surface area contributed by atoms with Gasteiger partial charge in [-0.25, -0.2) is 13.8 Å². The Morgan fingerprint density at radius 2 is 1.92 bits per heavy atom. The summed E-state index contributed by atoms with van der Waals surface area (Å²) in [5.74, 6) is -6.76. The van der Waals surface area contributed by atoms with Crippen LogP contribution in [-0.4, -0.2) is 54.9 Å². The zero-order valence-electron chi connectivity index (χ0n) is 12.4. The van der Waals surface area contributed by atoms with Crippen molar-refractivity contribution in [2.45, 2.75) is 19.0 Å². The van der Waals surface area contributed by atoms with Gasteiger partial charge < -0.3 is 11.1 Å². The number of nitrogens with one attached hydrogen (secondary N) is 2. The summed E-state index contributed by atoms with van der Waals surface area (Å²) in [4.78, 5) is 18.6. The largest absolute Gasteiger partial charge is 0.451 e. The first-order valence-electron chi connectivity index (χ1n) is 6.33. The molecular weight excluding hydrogens is 379 g/mol. The van der Waals surface area contributed by atoms with E-state index in [0.29, 0.717) is 0 Å². The Bertz CT molecular complexity index is 742. The van der Waals surface area contributed by atoms with Crippen molar-refractivity contribution in [1.29, 1.82) is 0 Å². The standard InChI is InChI=1S/C10H11F5N8O.ClH/c1-4-18-5(6(24)17-3-9(11,12)2-16)22-23(4)8-19-7(20-21-8)10(13,14)15;/h2-3,16H2,1H3,(H,17,24)(H,19,20,21);1H. The average molecular weight is 391 g/mol. The number of carbonyl (C=O) groups excluding carboxylic acids is 1. The molecular formula is C10H12ClF5N8O. The molecule has 0 saturated heterocycles. The van der Waals surface area contributed by atoms with Crippen LogP contribution in [0.2, 0.25) is 0 Å². The minimum absolute atomic E-state index is 0. The van der Waals surface area contributed by atoms with Gasteiger partial charge in [0.05, 0.1) is 13.1 Å². The molecule has 0 saturated carbocycles. The predicted octanol–water partition coefficient (Wildman–Crippen LogP) is 0.458. The number of carbonyl (C=O) groups is 1. The Morgan fingerprint density at radius 1 is 1.28 bits per heavy atom. The lowest BCUT2D eigenvalue weighted by Crippen LogP contribution is -2.41. The van der Waals surface area contributed by atoms with Crippen LogP contribution >= 0.6 is 12.4 Å². The van der Waals surface area contributed by atoms with Gasteiger partial charge in [0, 0.05) is 0 Å². The first-order valence-corrected chi connectivity index (χ1v) is 6.33. The third-order valence-electron chi connectivity index (χ3n) is 2.71. The third-order valence-corrected chi connectivity index (χ3v) is 2.71. The maximum atomic E-state index is 13.0. The highest BCUT2D eigenvalue weighted by Crippen LogP contribution is 2.26. The topological polar surface area (TPSA) is 127 Å². The lowest BCUT2D eigenvalue weighted by molar-refractivity contribution is -0.144. The molecule has 0 fully saturated rings. The summed E-state index contributed by atoms with van der Waals surface area (Å²) in [6.45, 7) is -0.678. The van der Waals surface area contributed by atoms with E-state index in [9.17, 15) is 26.7 Å². The molecule has 0 atom stereocenters. The van der Waals surface area contributed by atoms with E-state index in [-0.39, 0.29) is 18.2 Å². The second-order valence-electron chi connectivity index (χ2n) is 4.62. The molecule has 15 heteroatoms. The minimum Gasteiger partial charge on any atom is -0.343 e. The van der Waals surface area contributed by atoms with Crippen molar-refractivity contribution in [2.24, 2.45) is 5.73 Å².